The molecule has 2 aromatic rings. The van der Waals surface area contributed by atoms with E-state index in [9.17, 15) is 14.4 Å². The number of benzene rings is 1. The molecule has 1 fully saturated rings. The SMILES string of the molecule is O=Cc1cccc2ncc(N3CCC(=O)NC3=O)cc12. The lowest BCUT2D eigenvalue weighted by molar-refractivity contribution is -0.120. The summed E-state index contributed by atoms with van der Waals surface area (Å²) in [5.74, 6) is -0.284. The molecule has 0 aliphatic carbocycles. The topological polar surface area (TPSA) is 79.4 Å². The lowest BCUT2D eigenvalue weighted by atomic mass is 10.1. The Morgan fingerprint density at radius 2 is 2.15 bits per heavy atom. The lowest BCUT2D eigenvalue weighted by Gasteiger charge is -2.26. The number of carbonyl (C=O) groups is 3. The molecule has 3 rings (SSSR count). The summed E-state index contributed by atoms with van der Waals surface area (Å²) in [4.78, 5) is 39.7. The number of imide groups is 1. The minimum Gasteiger partial charge on any atom is -0.298 e. The second-order valence-corrected chi connectivity index (χ2v) is 4.48. The maximum Gasteiger partial charge on any atom is 0.328 e. The third-order valence-corrected chi connectivity index (χ3v) is 3.24. The molecule has 20 heavy (non-hydrogen) atoms. The largest absolute Gasteiger partial charge is 0.328 e. The molecule has 1 aliphatic rings. The quantitative estimate of drug-likeness (QED) is 0.838. The molecule has 3 amide bonds. The average Bonchev–Trinajstić information content (AvgIpc) is 2.46. The predicted octanol–water partition coefficient (Wildman–Crippen LogP) is 1.49. The third kappa shape index (κ3) is 2.01. The van der Waals surface area contributed by atoms with E-state index in [0.717, 1.165) is 6.29 Å². The molecule has 6 nitrogen and oxygen atoms in total. The van der Waals surface area contributed by atoms with Crippen molar-refractivity contribution in [2.45, 2.75) is 6.42 Å². The van der Waals surface area contributed by atoms with E-state index < -0.39 is 6.03 Å². The molecule has 0 saturated carbocycles. The first kappa shape index (κ1) is 12.3. The molecule has 1 aromatic heterocycles. The molecule has 1 N–H and O–H groups in total. The summed E-state index contributed by atoms with van der Waals surface area (Å²) >= 11 is 0. The Labute approximate surface area is 114 Å². The molecule has 0 bridgehead atoms. The number of fused-ring (bicyclic) bond motifs is 1. The molecule has 0 radical (unpaired) electrons. The van der Waals surface area contributed by atoms with E-state index in [1.54, 1.807) is 30.5 Å². The first-order valence-corrected chi connectivity index (χ1v) is 6.14. The molecule has 1 aliphatic heterocycles. The first-order valence-electron chi connectivity index (χ1n) is 6.14. The van der Waals surface area contributed by atoms with Crippen LogP contribution >= 0.6 is 0 Å². The fourth-order valence-corrected chi connectivity index (χ4v) is 2.22. The van der Waals surface area contributed by atoms with Crippen LogP contribution in [0, 0.1) is 0 Å². The van der Waals surface area contributed by atoms with E-state index in [0.29, 0.717) is 28.7 Å². The van der Waals surface area contributed by atoms with Gasteiger partial charge in [-0.2, -0.15) is 0 Å². The number of nitrogens with zero attached hydrogens (tertiary/aromatic N) is 2. The predicted molar refractivity (Wildman–Crippen MR) is 72.6 cm³/mol. The molecule has 0 spiro atoms. The van der Waals surface area contributed by atoms with Gasteiger partial charge in [-0.1, -0.05) is 12.1 Å². The van der Waals surface area contributed by atoms with Crippen molar-refractivity contribution < 1.29 is 14.4 Å². The van der Waals surface area contributed by atoms with Crippen LogP contribution in [-0.4, -0.2) is 29.8 Å². The molecule has 1 aromatic carbocycles. The van der Waals surface area contributed by atoms with Gasteiger partial charge in [-0.25, -0.2) is 4.79 Å². The van der Waals surface area contributed by atoms with Gasteiger partial charge in [0, 0.05) is 23.9 Å². The highest BCUT2D eigenvalue weighted by Gasteiger charge is 2.24. The zero-order chi connectivity index (χ0) is 14.1. The van der Waals surface area contributed by atoms with E-state index in [1.807, 2.05) is 0 Å². The number of rotatable bonds is 2. The molecular formula is C14H11N3O3. The van der Waals surface area contributed by atoms with Crippen LogP contribution in [0.2, 0.25) is 0 Å². The van der Waals surface area contributed by atoms with Crippen molar-refractivity contribution >= 4 is 34.8 Å². The van der Waals surface area contributed by atoms with Crippen molar-refractivity contribution in [2.75, 3.05) is 11.4 Å². The second-order valence-electron chi connectivity index (χ2n) is 4.48. The summed E-state index contributed by atoms with van der Waals surface area (Å²) in [6, 6.07) is 6.52. The van der Waals surface area contributed by atoms with Gasteiger partial charge in [-0.3, -0.25) is 24.8 Å². The molecule has 0 unspecified atom stereocenters. The first-order chi connectivity index (χ1) is 9.69. The minimum absolute atomic E-state index is 0.249. The standard InChI is InChI=1S/C14H11N3O3/c18-8-9-2-1-3-12-11(9)6-10(7-15-12)17-5-4-13(19)16-14(17)20/h1-3,6-8H,4-5H2,(H,16,19,20). The van der Waals surface area contributed by atoms with Crippen molar-refractivity contribution in [1.29, 1.82) is 0 Å². The smallest absolute Gasteiger partial charge is 0.298 e. The van der Waals surface area contributed by atoms with Gasteiger partial charge in [0.25, 0.3) is 0 Å². The number of nitrogens with one attached hydrogen (secondary N) is 1. The molecular weight excluding hydrogens is 258 g/mol. The Hall–Kier alpha value is -2.76. The Balaban J connectivity index is 2.06. The monoisotopic (exact) mass is 269 g/mol. The van der Waals surface area contributed by atoms with Crippen molar-refractivity contribution in [1.82, 2.24) is 10.3 Å². The van der Waals surface area contributed by atoms with E-state index in [1.165, 1.54) is 4.90 Å². The maximum atomic E-state index is 11.8. The summed E-state index contributed by atoms with van der Waals surface area (Å²) in [5.41, 5.74) is 1.77. The number of urea groups is 1. The van der Waals surface area contributed by atoms with Crippen LogP contribution in [0.1, 0.15) is 16.8 Å². The molecule has 100 valence electrons. The summed E-state index contributed by atoms with van der Waals surface area (Å²) in [6.07, 6.45) is 2.57. The lowest BCUT2D eigenvalue weighted by Crippen LogP contribution is -2.49. The Morgan fingerprint density at radius 3 is 2.90 bits per heavy atom. The van der Waals surface area contributed by atoms with Gasteiger partial charge in [0.1, 0.15) is 0 Å². The van der Waals surface area contributed by atoms with Gasteiger partial charge in [0.2, 0.25) is 5.91 Å². The summed E-state index contributed by atoms with van der Waals surface area (Å²) < 4.78 is 0. The number of aldehydes is 1. The summed E-state index contributed by atoms with van der Waals surface area (Å²) in [5, 5.41) is 2.94. The fraction of sp³-hybridized carbons (Fsp3) is 0.143. The summed E-state index contributed by atoms with van der Waals surface area (Å²) in [7, 11) is 0. The number of aromatic nitrogens is 1. The van der Waals surface area contributed by atoms with Crippen LogP contribution < -0.4 is 10.2 Å². The number of anilines is 1. The van der Waals surface area contributed by atoms with Gasteiger partial charge in [0.05, 0.1) is 17.4 Å². The Kier molecular flexibility index (Phi) is 2.90. The van der Waals surface area contributed by atoms with Crippen molar-refractivity contribution in [3.63, 3.8) is 0 Å². The number of amides is 3. The van der Waals surface area contributed by atoms with Gasteiger partial charge >= 0.3 is 6.03 Å². The molecule has 0 atom stereocenters. The normalized spacial score (nSPS) is 15.3. The van der Waals surface area contributed by atoms with Crippen LogP contribution in [0.15, 0.2) is 30.5 Å². The zero-order valence-corrected chi connectivity index (χ0v) is 10.5. The van der Waals surface area contributed by atoms with Gasteiger partial charge in [-0.05, 0) is 12.1 Å². The highest BCUT2D eigenvalue weighted by atomic mass is 16.2. The van der Waals surface area contributed by atoms with Crippen LogP contribution in [0.3, 0.4) is 0 Å². The van der Waals surface area contributed by atoms with E-state index in [-0.39, 0.29) is 12.3 Å². The number of hydrogen-bond acceptors (Lipinski definition) is 4. The third-order valence-electron chi connectivity index (χ3n) is 3.24. The highest BCUT2D eigenvalue weighted by Crippen LogP contribution is 2.23. The van der Waals surface area contributed by atoms with E-state index in [4.69, 9.17) is 0 Å². The Morgan fingerprint density at radius 1 is 1.30 bits per heavy atom. The zero-order valence-electron chi connectivity index (χ0n) is 10.5. The molecule has 6 heteroatoms. The number of pyridine rings is 1. The van der Waals surface area contributed by atoms with Gasteiger partial charge < -0.3 is 0 Å². The fourth-order valence-electron chi connectivity index (χ4n) is 2.22. The highest BCUT2D eigenvalue weighted by molar-refractivity contribution is 6.06. The second kappa shape index (κ2) is 4.73. The number of hydrogen-bond donors (Lipinski definition) is 1. The molecule has 1 saturated heterocycles. The average molecular weight is 269 g/mol. The number of carbonyl (C=O) groups excluding carboxylic acids is 3. The van der Waals surface area contributed by atoms with Crippen molar-refractivity contribution in [3.05, 3.63) is 36.0 Å². The van der Waals surface area contributed by atoms with Gasteiger partial charge in [0.15, 0.2) is 6.29 Å². The van der Waals surface area contributed by atoms with Gasteiger partial charge in [-0.15, -0.1) is 0 Å². The van der Waals surface area contributed by atoms with Crippen molar-refractivity contribution in [3.8, 4) is 0 Å². The molecule has 2 heterocycles. The van der Waals surface area contributed by atoms with Crippen molar-refractivity contribution in [2.24, 2.45) is 0 Å². The van der Waals surface area contributed by atoms with Crippen LogP contribution in [0.5, 0.6) is 0 Å². The minimum atomic E-state index is -0.467. The van der Waals surface area contributed by atoms with Crippen LogP contribution in [0.4, 0.5) is 10.5 Å². The van der Waals surface area contributed by atoms with Crippen LogP contribution in [0.25, 0.3) is 10.9 Å². The maximum absolute atomic E-state index is 11.8. The van der Waals surface area contributed by atoms with Crippen LogP contribution in [-0.2, 0) is 4.79 Å². The van der Waals surface area contributed by atoms with E-state index in [2.05, 4.69) is 10.3 Å². The Bertz CT molecular complexity index is 727. The summed E-state index contributed by atoms with van der Waals surface area (Å²) in [6.45, 7) is 0.307. The van der Waals surface area contributed by atoms with E-state index >= 15 is 0 Å².